The SMILES string of the molecule is O=P(c1ccccc1)(c1ccccc1)c1nc(-c2ccccc2)cc2ccccc12. The Morgan fingerprint density at radius 3 is 1.67 bits per heavy atom. The molecule has 0 unspecified atom stereocenters. The number of pyridine rings is 1. The molecule has 1 aromatic heterocycles. The lowest BCUT2D eigenvalue weighted by Crippen LogP contribution is -2.28. The minimum Gasteiger partial charge on any atom is -0.307 e. The first-order valence-electron chi connectivity index (χ1n) is 9.94. The fourth-order valence-corrected chi connectivity index (χ4v) is 6.61. The molecule has 3 heteroatoms. The summed E-state index contributed by atoms with van der Waals surface area (Å²) in [5, 5.41) is 3.54. The maximum Gasteiger partial charge on any atom is 0.189 e. The second-order valence-corrected chi connectivity index (χ2v) is 9.87. The molecule has 0 bridgehead atoms. The maximum atomic E-state index is 15.0. The number of benzene rings is 4. The Morgan fingerprint density at radius 1 is 0.567 bits per heavy atom. The normalized spacial score (nSPS) is 11.5. The van der Waals surface area contributed by atoms with Crippen molar-refractivity contribution in [2.45, 2.75) is 0 Å². The summed E-state index contributed by atoms with van der Waals surface area (Å²) in [7, 11) is -3.18. The molecule has 0 N–H and O–H groups in total. The molecule has 0 spiro atoms. The highest BCUT2D eigenvalue weighted by Gasteiger charge is 2.33. The average molecular weight is 405 g/mol. The zero-order valence-electron chi connectivity index (χ0n) is 16.3. The summed E-state index contributed by atoms with van der Waals surface area (Å²) in [6, 6.07) is 39.6. The fourth-order valence-electron chi connectivity index (χ4n) is 3.85. The quantitative estimate of drug-likeness (QED) is 0.368. The Morgan fingerprint density at radius 2 is 1.07 bits per heavy atom. The van der Waals surface area contributed by atoms with Crippen molar-refractivity contribution in [2.24, 2.45) is 0 Å². The van der Waals surface area contributed by atoms with E-state index in [0.29, 0.717) is 5.44 Å². The molecule has 0 atom stereocenters. The largest absolute Gasteiger partial charge is 0.307 e. The van der Waals surface area contributed by atoms with Gasteiger partial charge in [-0.2, -0.15) is 0 Å². The lowest BCUT2D eigenvalue weighted by molar-refractivity contribution is 0.592. The number of nitrogens with zero attached hydrogens (tertiary/aromatic N) is 1. The summed E-state index contributed by atoms with van der Waals surface area (Å²) in [5.41, 5.74) is 2.48. The molecular weight excluding hydrogens is 385 g/mol. The molecule has 5 rings (SSSR count). The average Bonchev–Trinajstić information content (AvgIpc) is 2.84. The Hall–Kier alpha value is -3.48. The van der Waals surface area contributed by atoms with E-state index in [4.69, 9.17) is 4.98 Å². The molecule has 0 aliphatic carbocycles. The van der Waals surface area contributed by atoms with Crippen LogP contribution in [-0.2, 0) is 4.57 Å². The Bertz CT molecular complexity index is 1310. The van der Waals surface area contributed by atoms with Gasteiger partial charge in [-0.3, -0.25) is 0 Å². The standard InChI is InChI=1S/C27H20NOP/c29-30(23-15-6-2-7-16-23,24-17-8-3-9-18-24)27-25-19-11-10-14-22(25)20-26(28-27)21-12-4-1-5-13-21/h1-20H. The lowest BCUT2D eigenvalue weighted by Gasteiger charge is -2.21. The molecule has 4 aromatic carbocycles. The van der Waals surface area contributed by atoms with E-state index in [2.05, 4.69) is 12.1 Å². The molecule has 0 saturated heterocycles. The van der Waals surface area contributed by atoms with Crippen LogP contribution in [0.3, 0.4) is 0 Å². The van der Waals surface area contributed by atoms with Gasteiger partial charge < -0.3 is 4.57 Å². The van der Waals surface area contributed by atoms with Crippen molar-refractivity contribution in [3.8, 4) is 11.3 Å². The van der Waals surface area contributed by atoms with Gasteiger partial charge in [0, 0.05) is 21.6 Å². The van der Waals surface area contributed by atoms with Crippen LogP contribution in [0, 0.1) is 0 Å². The van der Waals surface area contributed by atoms with Crippen LogP contribution >= 0.6 is 7.14 Å². The van der Waals surface area contributed by atoms with Gasteiger partial charge in [0.05, 0.1) is 5.69 Å². The monoisotopic (exact) mass is 405 g/mol. The second-order valence-electron chi connectivity index (χ2n) is 7.20. The van der Waals surface area contributed by atoms with E-state index in [1.165, 1.54) is 0 Å². The van der Waals surface area contributed by atoms with E-state index in [1.54, 1.807) is 0 Å². The van der Waals surface area contributed by atoms with Crippen LogP contribution in [0.4, 0.5) is 0 Å². The van der Waals surface area contributed by atoms with Gasteiger partial charge in [-0.1, -0.05) is 115 Å². The van der Waals surface area contributed by atoms with Gasteiger partial charge >= 0.3 is 0 Å². The van der Waals surface area contributed by atoms with Gasteiger partial charge in [-0.15, -0.1) is 0 Å². The van der Waals surface area contributed by atoms with Crippen LogP contribution < -0.4 is 16.0 Å². The Balaban J connectivity index is 1.88. The van der Waals surface area contributed by atoms with E-state index < -0.39 is 7.14 Å². The third-order valence-electron chi connectivity index (χ3n) is 5.33. The van der Waals surface area contributed by atoms with Crippen molar-refractivity contribution in [1.82, 2.24) is 4.98 Å². The first-order chi connectivity index (χ1) is 14.8. The smallest absolute Gasteiger partial charge is 0.189 e. The molecule has 0 radical (unpaired) electrons. The van der Waals surface area contributed by atoms with Gasteiger partial charge in [0.15, 0.2) is 7.14 Å². The van der Waals surface area contributed by atoms with Crippen molar-refractivity contribution in [1.29, 1.82) is 0 Å². The first-order valence-corrected chi connectivity index (χ1v) is 11.6. The van der Waals surface area contributed by atoms with E-state index in [9.17, 15) is 4.57 Å². The highest BCUT2D eigenvalue weighted by Crippen LogP contribution is 2.44. The van der Waals surface area contributed by atoms with E-state index >= 15 is 0 Å². The highest BCUT2D eigenvalue weighted by atomic mass is 31.2. The summed E-state index contributed by atoms with van der Waals surface area (Å²) in [5.74, 6) is 0. The summed E-state index contributed by atoms with van der Waals surface area (Å²) < 4.78 is 15.0. The van der Waals surface area contributed by atoms with Gasteiger partial charge in [0.2, 0.25) is 0 Å². The van der Waals surface area contributed by atoms with Gasteiger partial charge in [-0.05, 0) is 11.5 Å². The Kier molecular flexibility index (Phi) is 4.78. The molecule has 1 heterocycles. The minimum atomic E-state index is -3.18. The van der Waals surface area contributed by atoms with Crippen LogP contribution in [0.2, 0.25) is 0 Å². The van der Waals surface area contributed by atoms with Crippen LogP contribution in [0.25, 0.3) is 22.0 Å². The predicted octanol–water partition coefficient (Wildman–Crippen LogP) is 5.54. The molecule has 0 aliphatic rings. The predicted molar refractivity (Wildman–Crippen MR) is 127 cm³/mol. The van der Waals surface area contributed by atoms with Crippen LogP contribution in [0.1, 0.15) is 0 Å². The number of hydrogen-bond donors (Lipinski definition) is 0. The fraction of sp³-hybridized carbons (Fsp3) is 0. The number of rotatable bonds is 4. The van der Waals surface area contributed by atoms with Crippen molar-refractivity contribution in [2.75, 3.05) is 0 Å². The third-order valence-corrected chi connectivity index (χ3v) is 8.32. The molecule has 5 aromatic rings. The number of fused-ring (bicyclic) bond motifs is 1. The molecule has 0 saturated carbocycles. The van der Waals surface area contributed by atoms with Crippen molar-refractivity contribution < 1.29 is 4.57 Å². The Labute approximate surface area is 176 Å². The number of aromatic nitrogens is 1. The molecule has 0 amide bonds. The van der Waals surface area contributed by atoms with E-state index in [-0.39, 0.29) is 0 Å². The van der Waals surface area contributed by atoms with Gasteiger partial charge in [-0.25, -0.2) is 4.98 Å². The van der Waals surface area contributed by atoms with Crippen molar-refractivity contribution in [3.05, 3.63) is 121 Å². The summed E-state index contributed by atoms with van der Waals surface area (Å²) in [4.78, 5) is 5.03. The zero-order chi connectivity index (χ0) is 20.4. The number of hydrogen-bond acceptors (Lipinski definition) is 2. The van der Waals surface area contributed by atoms with Crippen LogP contribution in [0.15, 0.2) is 121 Å². The highest BCUT2D eigenvalue weighted by molar-refractivity contribution is 7.85. The maximum absolute atomic E-state index is 15.0. The molecule has 0 fully saturated rings. The summed E-state index contributed by atoms with van der Waals surface area (Å²) in [6.07, 6.45) is 0. The summed E-state index contributed by atoms with van der Waals surface area (Å²) in [6.45, 7) is 0. The lowest BCUT2D eigenvalue weighted by atomic mass is 10.1. The topological polar surface area (TPSA) is 30.0 Å². The molecular formula is C27H20NOP. The van der Waals surface area contributed by atoms with Crippen LogP contribution in [-0.4, -0.2) is 4.98 Å². The first kappa shape index (κ1) is 18.5. The van der Waals surface area contributed by atoms with Crippen molar-refractivity contribution >= 4 is 34.0 Å². The van der Waals surface area contributed by atoms with E-state index in [0.717, 1.165) is 32.6 Å². The minimum absolute atomic E-state index is 0.636. The molecule has 2 nitrogen and oxygen atoms in total. The van der Waals surface area contributed by atoms with Crippen molar-refractivity contribution in [3.63, 3.8) is 0 Å². The second kappa shape index (κ2) is 7.74. The van der Waals surface area contributed by atoms with Crippen LogP contribution in [0.5, 0.6) is 0 Å². The van der Waals surface area contributed by atoms with E-state index in [1.807, 2.05) is 109 Å². The van der Waals surface area contributed by atoms with Gasteiger partial charge in [0.1, 0.15) is 5.44 Å². The molecule has 30 heavy (non-hydrogen) atoms. The molecule has 0 aliphatic heterocycles. The zero-order valence-corrected chi connectivity index (χ0v) is 17.2. The third kappa shape index (κ3) is 3.16. The van der Waals surface area contributed by atoms with Gasteiger partial charge in [0.25, 0.3) is 0 Å². The summed E-state index contributed by atoms with van der Waals surface area (Å²) >= 11 is 0. The molecule has 144 valence electrons.